The number of amides is 1. The van der Waals surface area contributed by atoms with Crippen LogP contribution in [0.4, 0.5) is 4.79 Å². The summed E-state index contributed by atoms with van der Waals surface area (Å²) < 4.78 is 5.27. The zero-order chi connectivity index (χ0) is 16.9. The van der Waals surface area contributed by atoms with Gasteiger partial charge < -0.3 is 14.7 Å². The number of aliphatic carboxylic acids is 1. The molecule has 0 radical (unpaired) electrons. The third-order valence-corrected chi connectivity index (χ3v) is 4.17. The van der Waals surface area contributed by atoms with Crippen molar-refractivity contribution >= 4 is 12.1 Å². The van der Waals surface area contributed by atoms with Crippen LogP contribution in [0, 0.1) is 5.41 Å². The van der Waals surface area contributed by atoms with E-state index in [2.05, 4.69) is 13.2 Å². The summed E-state index contributed by atoms with van der Waals surface area (Å²) in [5.74, 6) is -0.956. The van der Waals surface area contributed by atoms with E-state index in [1.807, 2.05) is 30.3 Å². The third kappa shape index (κ3) is 3.62. The minimum atomic E-state index is -1.11. The molecule has 0 bridgehead atoms. The van der Waals surface area contributed by atoms with Crippen LogP contribution in [0.5, 0.6) is 0 Å². The average Bonchev–Trinajstić information content (AvgIpc) is 2.90. The van der Waals surface area contributed by atoms with Crippen LogP contribution in [0.1, 0.15) is 18.4 Å². The molecule has 1 amide bonds. The first-order chi connectivity index (χ1) is 11.0. The molecule has 1 heterocycles. The molecule has 1 fully saturated rings. The van der Waals surface area contributed by atoms with Gasteiger partial charge in [0, 0.05) is 13.1 Å². The second-order valence-corrected chi connectivity index (χ2v) is 5.71. The summed E-state index contributed by atoms with van der Waals surface area (Å²) >= 11 is 0. The molecule has 0 saturated carbocycles. The number of carboxylic acid groups (broad SMARTS) is 1. The third-order valence-electron chi connectivity index (χ3n) is 4.17. The van der Waals surface area contributed by atoms with E-state index in [1.54, 1.807) is 6.08 Å². The maximum atomic E-state index is 12.2. The van der Waals surface area contributed by atoms with Crippen molar-refractivity contribution in [2.75, 3.05) is 13.1 Å². The van der Waals surface area contributed by atoms with Gasteiger partial charge >= 0.3 is 12.1 Å². The standard InChI is InChI=1S/C18H21NO4/c1-3-4-10-18(16(20)21)13-19(11-14(18)2)17(22)23-12-15-8-6-5-7-9-15/h3,5-9H,1-2,4,10-13H2,(H,20,21). The van der Waals surface area contributed by atoms with Gasteiger partial charge in [0.25, 0.3) is 0 Å². The molecule has 1 aromatic carbocycles. The van der Waals surface area contributed by atoms with Crippen LogP contribution < -0.4 is 0 Å². The van der Waals surface area contributed by atoms with Gasteiger partial charge in [-0.2, -0.15) is 0 Å². The average molecular weight is 315 g/mol. The summed E-state index contributed by atoms with van der Waals surface area (Å²) in [5, 5.41) is 9.59. The second kappa shape index (κ2) is 7.13. The molecule has 1 saturated heterocycles. The number of ether oxygens (including phenoxy) is 1. The van der Waals surface area contributed by atoms with Crippen molar-refractivity contribution in [3.8, 4) is 0 Å². The molecule has 0 aliphatic carbocycles. The van der Waals surface area contributed by atoms with Gasteiger partial charge in [-0.05, 0) is 24.0 Å². The number of nitrogens with zero attached hydrogens (tertiary/aromatic N) is 1. The van der Waals surface area contributed by atoms with E-state index >= 15 is 0 Å². The van der Waals surface area contributed by atoms with Crippen molar-refractivity contribution in [2.24, 2.45) is 5.41 Å². The number of carboxylic acids is 1. The highest BCUT2D eigenvalue weighted by atomic mass is 16.6. The molecular formula is C18H21NO4. The van der Waals surface area contributed by atoms with E-state index in [0.717, 1.165) is 5.56 Å². The zero-order valence-corrected chi connectivity index (χ0v) is 13.0. The Balaban J connectivity index is 2.01. The summed E-state index contributed by atoms with van der Waals surface area (Å²) in [6.07, 6.45) is 2.09. The smallest absolute Gasteiger partial charge is 0.410 e. The summed E-state index contributed by atoms with van der Waals surface area (Å²) in [5.41, 5.74) is 0.304. The lowest BCUT2D eigenvalue weighted by molar-refractivity contribution is -0.146. The van der Waals surface area contributed by atoms with Crippen molar-refractivity contribution in [2.45, 2.75) is 19.4 Å². The molecule has 1 aliphatic rings. The van der Waals surface area contributed by atoms with E-state index in [1.165, 1.54) is 4.90 Å². The fraction of sp³-hybridized carbons (Fsp3) is 0.333. The Labute approximate surface area is 135 Å². The number of allylic oxidation sites excluding steroid dienone is 1. The first-order valence-corrected chi connectivity index (χ1v) is 7.48. The second-order valence-electron chi connectivity index (χ2n) is 5.71. The minimum absolute atomic E-state index is 0.0859. The molecule has 1 aliphatic heterocycles. The Hall–Kier alpha value is -2.56. The van der Waals surface area contributed by atoms with Crippen LogP contribution in [-0.4, -0.2) is 35.2 Å². The quantitative estimate of drug-likeness (QED) is 0.818. The topological polar surface area (TPSA) is 66.8 Å². The highest BCUT2D eigenvalue weighted by Gasteiger charge is 2.48. The van der Waals surface area contributed by atoms with Gasteiger partial charge in [0.15, 0.2) is 0 Å². The number of benzene rings is 1. The fourth-order valence-corrected chi connectivity index (χ4v) is 2.75. The number of likely N-dealkylation sites (tertiary alicyclic amines) is 1. The SMILES string of the molecule is C=CCCC1(C(=O)O)CN(C(=O)OCc2ccccc2)CC1=C. The minimum Gasteiger partial charge on any atom is -0.481 e. The molecule has 1 aromatic rings. The van der Waals surface area contributed by atoms with Crippen molar-refractivity contribution < 1.29 is 19.4 Å². The molecule has 23 heavy (non-hydrogen) atoms. The fourth-order valence-electron chi connectivity index (χ4n) is 2.75. The van der Waals surface area contributed by atoms with Crippen LogP contribution >= 0.6 is 0 Å². The predicted molar refractivity (Wildman–Crippen MR) is 86.8 cm³/mol. The molecule has 1 N–H and O–H groups in total. The Bertz CT molecular complexity index is 611. The maximum Gasteiger partial charge on any atom is 0.410 e. The summed E-state index contributed by atoms with van der Waals surface area (Å²) in [7, 11) is 0. The number of hydrogen-bond acceptors (Lipinski definition) is 3. The lowest BCUT2D eigenvalue weighted by atomic mass is 9.79. The lowest BCUT2D eigenvalue weighted by Gasteiger charge is -2.24. The van der Waals surface area contributed by atoms with Gasteiger partial charge in [-0.3, -0.25) is 4.79 Å². The van der Waals surface area contributed by atoms with Crippen molar-refractivity contribution in [1.82, 2.24) is 4.90 Å². The van der Waals surface area contributed by atoms with Crippen LogP contribution in [0.2, 0.25) is 0 Å². The van der Waals surface area contributed by atoms with E-state index in [-0.39, 0.29) is 19.7 Å². The molecule has 1 unspecified atom stereocenters. The molecular weight excluding hydrogens is 294 g/mol. The molecule has 1 atom stereocenters. The van der Waals surface area contributed by atoms with Gasteiger partial charge in [0.1, 0.15) is 12.0 Å². The van der Waals surface area contributed by atoms with Crippen LogP contribution in [0.15, 0.2) is 55.1 Å². The van der Waals surface area contributed by atoms with Crippen molar-refractivity contribution in [1.29, 1.82) is 0 Å². The zero-order valence-electron chi connectivity index (χ0n) is 13.0. The van der Waals surface area contributed by atoms with Gasteiger partial charge in [0.2, 0.25) is 0 Å². The number of carbonyl (C=O) groups excluding carboxylic acids is 1. The van der Waals surface area contributed by atoms with Crippen molar-refractivity contribution in [3.63, 3.8) is 0 Å². The van der Waals surface area contributed by atoms with Gasteiger partial charge in [0.05, 0.1) is 0 Å². The summed E-state index contributed by atoms with van der Waals surface area (Å²) in [6, 6.07) is 9.34. The molecule has 122 valence electrons. The first-order valence-electron chi connectivity index (χ1n) is 7.48. The Morgan fingerprint density at radius 2 is 2.04 bits per heavy atom. The molecule has 0 aromatic heterocycles. The Kier molecular flexibility index (Phi) is 5.21. The lowest BCUT2D eigenvalue weighted by Crippen LogP contribution is -2.37. The number of rotatable bonds is 6. The monoisotopic (exact) mass is 315 g/mol. The maximum absolute atomic E-state index is 12.2. The molecule has 0 spiro atoms. The van der Waals surface area contributed by atoms with Crippen LogP contribution in [0.3, 0.4) is 0 Å². The van der Waals surface area contributed by atoms with E-state index < -0.39 is 17.5 Å². The van der Waals surface area contributed by atoms with Gasteiger partial charge in [-0.15, -0.1) is 6.58 Å². The number of carbonyl (C=O) groups is 2. The summed E-state index contributed by atoms with van der Waals surface area (Å²) in [6.45, 7) is 7.95. The number of hydrogen-bond donors (Lipinski definition) is 1. The highest BCUT2D eigenvalue weighted by Crippen LogP contribution is 2.39. The Morgan fingerprint density at radius 3 is 2.65 bits per heavy atom. The molecule has 5 heteroatoms. The molecule has 2 rings (SSSR count). The van der Waals surface area contributed by atoms with E-state index in [4.69, 9.17) is 4.74 Å². The van der Waals surface area contributed by atoms with E-state index in [9.17, 15) is 14.7 Å². The largest absolute Gasteiger partial charge is 0.481 e. The van der Waals surface area contributed by atoms with E-state index in [0.29, 0.717) is 18.4 Å². The molecule has 5 nitrogen and oxygen atoms in total. The predicted octanol–water partition coefficient (Wildman–Crippen LogP) is 3.23. The van der Waals surface area contributed by atoms with Gasteiger partial charge in [-0.1, -0.05) is 43.0 Å². The van der Waals surface area contributed by atoms with Crippen LogP contribution in [0.25, 0.3) is 0 Å². The Morgan fingerprint density at radius 1 is 1.35 bits per heavy atom. The first kappa shape index (κ1) is 16.8. The van der Waals surface area contributed by atoms with Crippen molar-refractivity contribution in [3.05, 3.63) is 60.7 Å². The van der Waals surface area contributed by atoms with Crippen LogP contribution in [-0.2, 0) is 16.1 Å². The highest BCUT2D eigenvalue weighted by molar-refractivity contribution is 5.82. The van der Waals surface area contributed by atoms with Gasteiger partial charge in [-0.25, -0.2) is 4.79 Å². The summed E-state index contributed by atoms with van der Waals surface area (Å²) in [4.78, 5) is 25.3. The normalized spacial score (nSPS) is 20.3.